The van der Waals surface area contributed by atoms with Crippen LogP contribution < -0.4 is 4.90 Å². The number of rotatable bonds is 4. The van der Waals surface area contributed by atoms with Gasteiger partial charge < -0.3 is 4.90 Å². The van der Waals surface area contributed by atoms with Crippen LogP contribution in [0, 0.1) is 10.1 Å². The van der Waals surface area contributed by atoms with E-state index in [4.69, 9.17) is 23.2 Å². The van der Waals surface area contributed by atoms with Crippen molar-refractivity contribution in [1.29, 1.82) is 0 Å². The normalized spacial score (nSPS) is 15.8. The van der Waals surface area contributed by atoms with Gasteiger partial charge in [0.15, 0.2) is 0 Å². The van der Waals surface area contributed by atoms with Gasteiger partial charge in [-0.15, -0.1) is 0 Å². The van der Waals surface area contributed by atoms with Crippen molar-refractivity contribution in [2.24, 2.45) is 0 Å². The third kappa shape index (κ3) is 3.64. The summed E-state index contributed by atoms with van der Waals surface area (Å²) in [6.45, 7) is 1.49. The van der Waals surface area contributed by atoms with E-state index in [0.29, 0.717) is 13.1 Å². The van der Waals surface area contributed by atoms with Gasteiger partial charge in [-0.3, -0.25) is 10.1 Å². The van der Waals surface area contributed by atoms with Crippen molar-refractivity contribution in [2.75, 3.05) is 31.1 Å². The van der Waals surface area contributed by atoms with Crippen LogP contribution in [0.1, 0.15) is 0 Å². The fourth-order valence-electron chi connectivity index (χ4n) is 2.79. The number of halogens is 2. The quantitative estimate of drug-likeness (QED) is 0.564. The Labute approximate surface area is 160 Å². The van der Waals surface area contributed by atoms with Crippen LogP contribution in [0.2, 0.25) is 10.0 Å². The van der Waals surface area contributed by atoms with Gasteiger partial charge >= 0.3 is 0 Å². The van der Waals surface area contributed by atoms with Gasteiger partial charge in [0.05, 0.1) is 15.0 Å². The Bertz CT molecular complexity index is 927. The van der Waals surface area contributed by atoms with Crippen molar-refractivity contribution in [1.82, 2.24) is 4.31 Å². The molecule has 1 heterocycles. The van der Waals surface area contributed by atoms with E-state index in [2.05, 4.69) is 0 Å². The maximum atomic E-state index is 12.8. The lowest BCUT2D eigenvalue weighted by atomic mass is 10.2. The number of hydrogen-bond acceptors (Lipinski definition) is 5. The molecule has 2 aromatic carbocycles. The van der Waals surface area contributed by atoms with Crippen LogP contribution in [0.4, 0.5) is 11.4 Å². The van der Waals surface area contributed by atoms with Gasteiger partial charge in [0.1, 0.15) is 4.90 Å². The summed E-state index contributed by atoms with van der Waals surface area (Å²) >= 11 is 12.0. The molecule has 0 aromatic heterocycles. The molecule has 1 aliphatic heterocycles. The highest BCUT2D eigenvalue weighted by Crippen LogP contribution is 2.31. The predicted octanol–water partition coefficient (Wildman–Crippen LogP) is 3.41. The molecule has 3 rings (SSSR count). The van der Waals surface area contributed by atoms with Crippen LogP contribution >= 0.6 is 23.2 Å². The van der Waals surface area contributed by atoms with E-state index < -0.39 is 14.9 Å². The first-order chi connectivity index (χ1) is 12.3. The van der Waals surface area contributed by atoms with Gasteiger partial charge in [-0.2, -0.15) is 4.31 Å². The Balaban J connectivity index is 1.73. The summed E-state index contributed by atoms with van der Waals surface area (Å²) in [5, 5.41) is 10.9. The second-order valence-corrected chi connectivity index (χ2v) is 8.41. The van der Waals surface area contributed by atoms with E-state index in [1.54, 1.807) is 18.2 Å². The Morgan fingerprint density at radius 3 is 2.15 bits per heavy atom. The van der Waals surface area contributed by atoms with Crippen molar-refractivity contribution < 1.29 is 13.3 Å². The number of hydrogen-bond donors (Lipinski definition) is 0. The number of non-ortho nitro benzene ring substituents is 1. The second kappa shape index (κ2) is 7.40. The van der Waals surface area contributed by atoms with Gasteiger partial charge in [-0.1, -0.05) is 29.3 Å². The first-order valence-corrected chi connectivity index (χ1v) is 9.94. The van der Waals surface area contributed by atoms with Crippen molar-refractivity contribution in [2.45, 2.75) is 4.90 Å². The Morgan fingerprint density at radius 2 is 1.58 bits per heavy atom. The molecular weight excluding hydrogens is 401 g/mol. The highest BCUT2D eigenvalue weighted by atomic mass is 35.5. The van der Waals surface area contributed by atoms with Gasteiger partial charge in [-0.25, -0.2) is 8.42 Å². The maximum absolute atomic E-state index is 12.8. The number of sulfonamides is 1. The smallest absolute Gasteiger partial charge is 0.269 e. The zero-order valence-corrected chi connectivity index (χ0v) is 15.8. The molecule has 0 unspecified atom stereocenters. The van der Waals surface area contributed by atoms with Crippen molar-refractivity contribution in [3.63, 3.8) is 0 Å². The first-order valence-electron chi connectivity index (χ1n) is 7.74. The molecule has 0 saturated carbocycles. The molecule has 1 fully saturated rings. The minimum Gasteiger partial charge on any atom is -0.369 e. The Hall–Kier alpha value is -1.87. The van der Waals surface area contributed by atoms with E-state index in [1.165, 1.54) is 28.6 Å². The van der Waals surface area contributed by atoms with Gasteiger partial charge in [0.25, 0.3) is 5.69 Å². The molecule has 1 saturated heterocycles. The molecule has 7 nitrogen and oxygen atoms in total. The lowest BCUT2D eigenvalue weighted by molar-refractivity contribution is -0.384. The molecule has 26 heavy (non-hydrogen) atoms. The largest absolute Gasteiger partial charge is 0.369 e. The van der Waals surface area contributed by atoms with Gasteiger partial charge in [0.2, 0.25) is 10.0 Å². The van der Waals surface area contributed by atoms with Crippen molar-refractivity contribution >= 4 is 44.6 Å². The van der Waals surface area contributed by atoms with Crippen LogP contribution in [-0.2, 0) is 10.0 Å². The summed E-state index contributed by atoms with van der Waals surface area (Å²) in [4.78, 5) is 12.2. The molecule has 0 amide bonds. The zero-order chi connectivity index (χ0) is 18.9. The molecule has 0 aliphatic carbocycles. The number of benzene rings is 2. The molecule has 0 N–H and O–H groups in total. The highest BCUT2D eigenvalue weighted by molar-refractivity contribution is 7.89. The summed E-state index contributed by atoms with van der Waals surface area (Å²) in [6, 6.07) is 10.7. The van der Waals surface area contributed by atoms with Crippen molar-refractivity contribution in [3.8, 4) is 0 Å². The number of nitro groups is 1. The summed E-state index contributed by atoms with van der Waals surface area (Å²) in [5.74, 6) is 0. The predicted molar refractivity (Wildman–Crippen MR) is 101 cm³/mol. The molecule has 0 spiro atoms. The fraction of sp³-hybridized carbons (Fsp3) is 0.250. The lowest BCUT2D eigenvalue weighted by Crippen LogP contribution is -2.48. The van der Waals surface area contributed by atoms with Crippen LogP contribution in [0.15, 0.2) is 47.4 Å². The minimum absolute atomic E-state index is 0.00421. The van der Waals surface area contributed by atoms with Crippen LogP contribution in [-0.4, -0.2) is 43.8 Å². The van der Waals surface area contributed by atoms with E-state index in [0.717, 1.165) is 5.69 Å². The van der Waals surface area contributed by atoms with Crippen molar-refractivity contribution in [3.05, 3.63) is 62.6 Å². The monoisotopic (exact) mass is 415 g/mol. The Morgan fingerprint density at radius 1 is 0.962 bits per heavy atom. The molecule has 138 valence electrons. The number of anilines is 1. The molecule has 2 aromatic rings. The highest BCUT2D eigenvalue weighted by Gasteiger charge is 2.30. The average Bonchev–Trinajstić information content (AvgIpc) is 2.64. The summed E-state index contributed by atoms with van der Waals surface area (Å²) in [7, 11) is -3.74. The second-order valence-electron chi connectivity index (χ2n) is 5.72. The minimum atomic E-state index is -3.74. The average molecular weight is 416 g/mol. The Kier molecular flexibility index (Phi) is 5.38. The van der Waals surface area contributed by atoms with Crippen LogP contribution in [0.25, 0.3) is 0 Å². The van der Waals surface area contributed by atoms with E-state index in [9.17, 15) is 18.5 Å². The molecule has 0 bridgehead atoms. The number of nitro benzene ring substituents is 1. The standard InChI is InChI=1S/C16H15Cl2N3O4S/c17-14-2-1-3-15(16(14)18)26(24,25)20-10-8-19(9-11-20)12-4-6-13(7-5-12)21(22)23/h1-7H,8-11H2. The first kappa shape index (κ1) is 18.9. The third-order valence-electron chi connectivity index (χ3n) is 4.20. The molecular formula is C16H15Cl2N3O4S. The number of piperazine rings is 1. The number of nitrogens with zero attached hydrogens (tertiary/aromatic N) is 3. The summed E-state index contributed by atoms with van der Waals surface area (Å²) in [5.41, 5.74) is 0.832. The topological polar surface area (TPSA) is 83.8 Å². The summed E-state index contributed by atoms with van der Waals surface area (Å²) in [6.07, 6.45) is 0. The molecule has 0 radical (unpaired) electrons. The van der Waals surface area contributed by atoms with Gasteiger partial charge in [-0.05, 0) is 24.3 Å². The fourth-order valence-corrected chi connectivity index (χ4v) is 4.95. The van der Waals surface area contributed by atoms with Crippen LogP contribution in [0.5, 0.6) is 0 Å². The van der Waals surface area contributed by atoms with E-state index >= 15 is 0 Å². The molecule has 10 heteroatoms. The lowest BCUT2D eigenvalue weighted by Gasteiger charge is -2.35. The molecule has 0 atom stereocenters. The van der Waals surface area contributed by atoms with E-state index in [-0.39, 0.29) is 33.7 Å². The SMILES string of the molecule is O=[N+]([O-])c1ccc(N2CCN(S(=O)(=O)c3cccc(Cl)c3Cl)CC2)cc1. The third-order valence-corrected chi connectivity index (χ3v) is 7.07. The maximum Gasteiger partial charge on any atom is 0.269 e. The molecule has 1 aliphatic rings. The van der Waals surface area contributed by atoms with Gasteiger partial charge in [0, 0.05) is 44.0 Å². The zero-order valence-electron chi connectivity index (χ0n) is 13.5. The van der Waals surface area contributed by atoms with E-state index in [1.807, 2.05) is 4.90 Å². The van der Waals surface area contributed by atoms with Crippen LogP contribution in [0.3, 0.4) is 0 Å². The summed E-state index contributed by atoms with van der Waals surface area (Å²) < 4.78 is 27.0.